The molecular formula is C9H11N3O2S. The highest BCUT2D eigenvalue weighted by Gasteiger charge is 2.06. The van der Waals surface area contributed by atoms with Crippen LogP contribution in [0.5, 0.6) is 0 Å². The minimum Gasteiger partial charge on any atom is -0.305 e. The molecule has 0 saturated carbocycles. The molecule has 0 amide bonds. The molecule has 0 aliphatic carbocycles. The predicted octanol–water partition coefficient (Wildman–Crippen LogP) is 1.10. The van der Waals surface area contributed by atoms with Crippen LogP contribution in [-0.2, 0) is 10.0 Å². The van der Waals surface area contributed by atoms with Gasteiger partial charge in [-0.15, -0.1) is 0 Å². The van der Waals surface area contributed by atoms with E-state index in [1.807, 2.05) is 0 Å². The Balaban J connectivity index is 2.37. The summed E-state index contributed by atoms with van der Waals surface area (Å²) in [5.41, 5.74) is 1.33. The van der Waals surface area contributed by atoms with E-state index in [9.17, 15) is 8.42 Å². The van der Waals surface area contributed by atoms with Gasteiger partial charge < -0.3 is 4.40 Å². The SMILES string of the molecule is CCS(=O)(=O)Nc1ccc2nccn2c1. The van der Waals surface area contributed by atoms with Crippen LogP contribution in [0.4, 0.5) is 5.69 Å². The Kier molecular flexibility index (Phi) is 2.36. The van der Waals surface area contributed by atoms with Gasteiger partial charge in [-0.25, -0.2) is 13.4 Å². The van der Waals surface area contributed by atoms with Crippen LogP contribution < -0.4 is 4.72 Å². The summed E-state index contributed by atoms with van der Waals surface area (Å²) < 4.78 is 26.8. The third kappa shape index (κ3) is 2.10. The van der Waals surface area contributed by atoms with Crippen LogP contribution in [0.3, 0.4) is 0 Å². The normalized spacial score (nSPS) is 11.8. The van der Waals surface area contributed by atoms with Crippen molar-refractivity contribution in [2.24, 2.45) is 0 Å². The number of pyridine rings is 1. The summed E-state index contributed by atoms with van der Waals surface area (Å²) in [5, 5.41) is 0. The minimum atomic E-state index is -3.21. The molecule has 6 heteroatoms. The van der Waals surface area contributed by atoms with E-state index >= 15 is 0 Å². The van der Waals surface area contributed by atoms with Gasteiger partial charge in [-0.2, -0.15) is 0 Å². The number of aromatic nitrogens is 2. The summed E-state index contributed by atoms with van der Waals surface area (Å²) in [6, 6.07) is 3.45. The standard InChI is InChI=1S/C9H11N3O2S/c1-2-15(13,14)11-8-3-4-9-10-5-6-12(9)7-8/h3-7,11H,2H2,1H3. The summed E-state index contributed by atoms with van der Waals surface area (Å²) in [5.74, 6) is 0.0645. The molecule has 0 unspecified atom stereocenters. The van der Waals surface area contributed by atoms with Gasteiger partial charge in [0.25, 0.3) is 0 Å². The van der Waals surface area contributed by atoms with Gasteiger partial charge in [0.05, 0.1) is 11.4 Å². The first kappa shape index (κ1) is 9.97. The fraction of sp³-hybridized carbons (Fsp3) is 0.222. The zero-order valence-corrected chi connectivity index (χ0v) is 9.03. The first-order valence-corrected chi connectivity index (χ1v) is 6.19. The molecular weight excluding hydrogens is 214 g/mol. The maximum Gasteiger partial charge on any atom is 0.232 e. The lowest BCUT2D eigenvalue weighted by molar-refractivity contribution is 0.602. The quantitative estimate of drug-likeness (QED) is 0.850. The van der Waals surface area contributed by atoms with E-state index in [0.717, 1.165) is 5.65 Å². The van der Waals surface area contributed by atoms with Crippen LogP contribution in [0.2, 0.25) is 0 Å². The Bertz CT molecular complexity index is 574. The number of anilines is 1. The predicted molar refractivity (Wildman–Crippen MR) is 58.3 cm³/mol. The van der Waals surface area contributed by atoms with E-state index in [-0.39, 0.29) is 5.75 Å². The largest absolute Gasteiger partial charge is 0.305 e. The molecule has 2 aromatic heterocycles. The van der Waals surface area contributed by atoms with E-state index in [1.165, 1.54) is 0 Å². The zero-order valence-electron chi connectivity index (χ0n) is 8.21. The maximum atomic E-state index is 11.3. The molecule has 80 valence electrons. The fourth-order valence-electron chi connectivity index (χ4n) is 1.23. The molecule has 0 aromatic carbocycles. The van der Waals surface area contributed by atoms with Crippen molar-refractivity contribution in [3.8, 4) is 0 Å². The number of rotatable bonds is 3. The van der Waals surface area contributed by atoms with Gasteiger partial charge in [-0.05, 0) is 19.1 Å². The molecule has 0 bridgehead atoms. The van der Waals surface area contributed by atoms with Crippen molar-refractivity contribution in [1.82, 2.24) is 9.38 Å². The molecule has 0 fully saturated rings. The number of imidazole rings is 1. The average Bonchev–Trinajstić information content (AvgIpc) is 2.64. The van der Waals surface area contributed by atoms with E-state index in [2.05, 4.69) is 9.71 Å². The monoisotopic (exact) mass is 225 g/mol. The summed E-state index contributed by atoms with van der Waals surface area (Å²) in [6.07, 6.45) is 5.11. The molecule has 5 nitrogen and oxygen atoms in total. The van der Waals surface area contributed by atoms with Crippen LogP contribution in [0, 0.1) is 0 Å². The molecule has 1 N–H and O–H groups in total. The van der Waals surface area contributed by atoms with Gasteiger partial charge in [-0.3, -0.25) is 4.72 Å². The van der Waals surface area contributed by atoms with Crippen molar-refractivity contribution < 1.29 is 8.42 Å². The molecule has 2 rings (SSSR count). The second-order valence-electron chi connectivity index (χ2n) is 3.12. The molecule has 2 aromatic rings. The Hall–Kier alpha value is -1.56. The van der Waals surface area contributed by atoms with Crippen LogP contribution in [0.15, 0.2) is 30.7 Å². The molecule has 0 saturated heterocycles. The van der Waals surface area contributed by atoms with E-state index < -0.39 is 10.0 Å². The van der Waals surface area contributed by atoms with Gasteiger partial charge >= 0.3 is 0 Å². The number of nitrogens with one attached hydrogen (secondary N) is 1. The van der Waals surface area contributed by atoms with Crippen molar-refractivity contribution in [2.45, 2.75) is 6.92 Å². The van der Waals surface area contributed by atoms with E-state index in [1.54, 1.807) is 42.0 Å². The third-order valence-corrected chi connectivity index (χ3v) is 3.35. The van der Waals surface area contributed by atoms with Crippen LogP contribution >= 0.6 is 0 Å². The van der Waals surface area contributed by atoms with Crippen LogP contribution in [0.1, 0.15) is 6.92 Å². The Morgan fingerprint density at radius 1 is 1.47 bits per heavy atom. The second kappa shape index (κ2) is 3.54. The number of nitrogens with zero attached hydrogens (tertiary/aromatic N) is 2. The minimum absolute atomic E-state index is 0.0645. The molecule has 0 spiro atoms. The first-order valence-electron chi connectivity index (χ1n) is 4.54. The Morgan fingerprint density at radius 2 is 2.27 bits per heavy atom. The maximum absolute atomic E-state index is 11.3. The van der Waals surface area contributed by atoms with Crippen molar-refractivity contribution in [3.05, 3.63) is 30.7 Å². The molecule has 0 aliphatic rings. The van der Waals surface area contributed by atoms with Crippen molar-refractivity contribution in [1.29, 1.82) is 0 Å². The van der Waals surface area contributed by atoms with Crippen molar-refractivity contribution in [3.63, 3.8) is 0 Å². The topological polar surface area (TPSA) is 63.5 Å². The third-order valence-electron chi connectivity index (χ3n) is 2.04. The lowest BCUT2D eigenvalue weighted by Gasteiger charge is -2.05. The Labute approximate surface area is 87.8 Å². The molecule has 15 heavy (non-hydrogen) atoms. The second-order valence-corrected chi connectivity index (χ2v) is 5.13. The summed E-state index contributed by atoms with van der Waals surface area (Å²) in [6.45, 7) is 1.60. The average molecular weight is 225 g/mol. The van der Waals surface area contributed by atoms with Gasteiger partial charge in [-0.1, -0.05) is 0 Å². The van der Waals surface area contributed by atoms with Gasteiger partial charge in [0.1, 0.15) is 5.65 Å². The summed E-state index contributed by atoms with van der Waals surface area (Å²) in [4.78, 5) is 4.06. The number of sulfonamides is 1. The number of hydrogen-bond acceptors (Lipinski definition) is 3. The lowest BCUT2D eigenvalue weighted by atomic mass is 10.4. The molecule has 0 radical (unpaired) electrons. The van der Waals surface area contributed by atoms with Crippen molar-refractivity contribution >= 4 is 21.4 Å². The highest BCUT2D eigenvalue weighted by Crippen LogP contribution is 2.11. The number of hydrogen-bond donors (Lipinski definition) is 1. The smallest absolute Gasteiger partial charge is 0.232 e. The molecule has 0 atom stereocenters. The summed E-state index contributed by atoms with van der Waals surface area (Å²) in [7, 11) is -3.21. The van der Waals surface area contributed by atoms with Gasteiger partial charge in [0, 0.05) is 18.6 Å². The highest BCUT2D eigenvalue weighted by atomic mass is 32.2. The van der Waals surface area contributed by atoms with Crippen molar-refractivity contribution in [2.75, 3.05) is 10.5 Å². The lowest BCUT2D eigenvalue weighted by Crippen LogP contribution is -2.14. The van der Waals surface area contributed by atoms with E-state index in [4.69, 9.17) is 0 Å². The van der Waals surface area contributed by atoms with Gasteiger partial charge in [0.15, 0.2) is 0 Å². The number of fused-ring (bicyclic) bond motifs is 1. The fourth-order valence-corrected chi connectivity index (χ4v) is 1.86. The Morgan fingerprint density at radius 3 is 3.00 bits per heavy atom. The van der Waals surface area contributed by atoms with Crippen LogP contribution in [0.25, 0.3) is 5.65 Å². The zero-order chi connectivity index (χ0) is 10.9. The molecule has 0 aliphatic heterocycles. The van der Waals surface area contributed by atoms with Gasteiger partial charge in [0.2, 0.25) is 10.0 Å². The molecule has 2 heterocycles. The summed E-state index contributed by atoms with van der Waals surface area (Å²) >= 11 is 0. The van der Waals surface area contributed by atoms with E-state index in [0.29, 0.717) is 5.69 Å². The van der Waals surface area contributed by atoms with Crippen LogP contribution in [-0.4, -0.2) is 23.6 Å². The highest BCUT2D eigenvalue weighted by molar-refractivity contribution is 7.92. The first-order chi connectivity index (χ1) is 7.11.